The molecule has 0 unspecified atom stereocenters. The quantitative estimate of drug-likeness (QED) is 0.345. The summed E-state index contributed by atoms with van der Waals surface area (Å²) in [7, 11) is 0. The van der Waals surface area contributed by atoms with E-state index in [2.05, 4.69) is 4.98 Å². The molecule has 1 aromatic heterocycles. The Kier molecular flexibility index (Phi) is 6.59. The fourth-order valence-electron chi connectivity index (χ4n) is 4.28. The smallest absolute Gasteiger partial charge is 0.314 e. The van der Waals surface area contributed by atoms with Crippen LogP contribution < -0.4 is 4.74 Å². The van der Waals surface area contributed by atoms with Crippen LogP contribution in [0.15, 0.2) is 30.5 Å². The number of rotatable bonds is 7. The minimum atomic E-state index is -0.850. The van der Waals surface area contributed by atoms with Gasteiger partial charge in [-0.3, -0.25) is 9.78 Å². The molecule has 1 saturated carbocycles. The molecule has 4 atom stereocenters. The number of nitrogens with zero attached hydrogens (tertiary/aromatic N) is 2. The van der Waals surface area contributed by atoms with Crippen molar-refractivity contribution < 1.29 is 28.9 Å². The zero-order valence-electron chi connectivity index (χ0n) is 17.7. The lowest BCUT2D eigenvalue weighted by Gasteiger charge is -2.16. The van der Waals surface area contributed by atoms with Gasteiger partial charge in [-0.1, -0.05) is 23.7 Å². The lowest BCUT2D eigenvalue weighted by atomic mass is 10.00. The molecule has 0 amide bonds. The van der Waals surface area contributed by atoms with Gasteiger partial charge in [0.15, 0.2) is 5.75 Å². The summed E-state index contributed by atoms with van der Waals surface area (Å²) in [6, 6.07) is 7.35. The van der Waals surface area contributed by atoms with Crippen LogP contribution in [0.25, 0.3) is 0 Å². The number of carbonyl (C=O) groups is 1. The third kappa shape index (κ3) is 4.55. The average Bonchev–Trinajstić information content (AvgIpc) is 3.35. The van der Waals surface area contributed by atoms with Crippen molar-refractivity contribution in [2.45, 2.75) is 51.6 Å². The fraction of sp³-hybridized carbons (Fsp3) is 0.455. The molecule has 1 aliphatic carbocycles. The van der Waals surface area contributed by atoms with Gasteiger partial charge in [0, 0.05) is 29.0 Å². The molecule has 32 heavy (non-hydrogen) atoms. The van der Waals surface area contributed by atoms with E-state index in [0.29, 0.717) is 23.1 Å². The van der Waals surface area contributed by atoms with Gasteiger partial charge in [-0.25, -0.2) is 0 Å². The second-order valence-electron chi connectivity index (χ2n) is 7.80. The molecule has 0 radical (unpaired) electrons. The number of ether oxygens (including phenoxy) is 3. The van der Waals surface area contributed by atoms with Crippen LogP contribution in [0.5, 0.6) is 5.75 Å². The van der Waals surface area contributed by atoms with E-state index in [4.69, 9.17) is 30.6 Å². The molecule has 9 nitrogen and oxygen atoms in total. The van der Waals surface area contributed by atoms with E-state index in [0.717, 1.165) is 16.7 Å². The van der Waals surface area contributed by atoms with Crippen molar-refractivity contribution in [3.8, 4) is 5.75 Å². The van der Waals surface area contributed by atoms with E-state index in [1.807, 2.05) is 12.1 Å². The molecule has 10 heteroatoms. The van der Waals surface area contributed by atoms with Gasteiger partial charge in [-0.05, 0) is 44.4 Å². The Labute approximate surface area is 189 Å². The Hall–Kier alpha value is -2.75. The highest BCUT2D eigenvalue weighted by molar-refractivity contribution is 6.30. The van der Waals surface area contributed by atoms with E-state index in [1.165, 1.54) is 0 Å². The maximum Gasteiger partial charge on any atom is 0.314 e. The van der Waals surface area contributed by atoms with Crippen LogP contribution in [0.2, 0.25) is 5.02 Å². The number of hydrogen-bond acceptors (Lipinski definition) is 8. The molecule has 0 spiro atoms. The van der Waals surface area contributed by atoms with E-state index in [-0.39, 0.29) is 25.6 Å². The molecule has 0 bridgehead atoms. The molecule has 170 valence electrons. The van der Waals surface area contributed by atoms with Crippen LogP contribution >= 0.6 is 11.6 Å². The van der Waals surface area contributed by atoms with Crippen LogP contribution in [0.1, 0.15) is 48.3 Å². The standard InChI is InChI=1S/C22H23ClN2O7/c1-3-29-18-8-14(9-19(18)32-25(27)28)22(26)31-20-12(2)24-10-16-17(20)11-30-21(16)13-4-6-15(23)7-5-13/h4-7,10,14,18-19,21H,3,8-9,11H2,1-2H3/t14-,18+,19+,21+/m1/s1. The molecule has 2 heterocycles. The van der Waals surface area contributed by atoms with Gasteiger partial charge < -0.3 is 19.0 Å². The van der Waals surface area contributed by atoms with Gasteiger partial charge in [0.2, 0.25) is 0 Å². The summed E-state index contributed by atoms with van der Waals surface area (Å²) in [5.74, 6) is -0.700. The zero-order valence-corrected chi connectivity index (χ0v) is 18.4. The average molecular weight is 463 g/mol. The summed E-state index contributed by atoms with van der Waals surface area (Å²) in [6.07, 6.45) is 0.490. The summed E-state index contributed by atoms with van der Waals surface area (Å²) in [6.45, 7) is 4.18. The second-order valence-corrected chi connectivity index (χ2v) is 8.24. The summed E-state index contributed by atoms with van der Waals surface area (Å²) in [5.41, 5.74) is 3.08. The van der Waals surface area contributed by atoms with Crippen molar-refractivity contribution in [2.24, 2.45) is 5.92 Å². The topological polar surface area (TPSA) is 110 Å². The maximum absolute atomic E-state index is 13.0. The van der Waals surface area contributed by atoms with E-state index >= 15 is 0 Å². The highest BCUT2D eigenvalue weighted by Gasteiger charge is 2.42. The Morgan fingerprint density at radius 3 is 2.69 bits per heavy atom. The van der Waals surface area contributed by atoms with Gasteiger partial charge >= 0.3 is 5.97 Å². The number of esters is 1. The van der Waals surface area contributed by atoms with E-state index in [1.54, 1.807) is 32.2 Å². The Morgan fingerprint density at radius 1 is 1.28 bits per heavy atom. The first kappa shape index (κ1) is 22.4. The zero-order chi connectivity index (χ0) is 22.8. The van der Waals surface area contributed by atoms with Gasteiger partial charge in [-0.15, -0.1) is 10.1 Å². The highest BCUT2D eigenvalue weighted by Crippen LogP contribution is 2.42. The molecular formula is C22H23ClN2O7. The number of pyridine rings is 1. The molecule has 0 saturated heterocycles. The molecule has 0 N–H and O–H groups in total. The molecule has 2 aliphatic rings. The van der Waals surface area contributed by atoms with Gasteiger partial charge in [0.05, 0.1) is 24.3 Å². The van der Waals surface area contributed by atoms with E-state index in [9.17, 15) is 14.9 Å². The number of aryl methyl sites for hydroxylation is 1. The first-order chi connectivity index (χ1) is 15.4. The number of carbonyl (C=O) groups excluding carboxylic acids is 1. The lowest BCUT2D eigenvalue weighted by molar-refractivity contribution is -0.770. The van der Waals surface area contributed by atoms with Crippen molar-refractivity contribution in [1.82, 2.24) is 4.98 Å². The molecule has 1 fully saturated rings. The maximum atomic E-state index is 13.0. The highest BCUT2D eigenvalue weighted by atomic mass is 35.5. The van der Waals surface area contributed by atoms with Crippen molar-refractivity contribution in [1.29, 1.82) is 0 Å². The Morgan fingerprint density at radius 2 is 2.00 bits per heavy atom. The first-order valence-electron chi connectivity index (χ1n) is 10.4. The first-order valence-corrected chi connectivity index (χ1v) is 10.7. The third-order valence-corrected chi connectivity index (χ3v) is 6.04. The second kappa shape index (κ2) is 9.40. The number of hydrogen-bond donors (Lipinski definition) is 0. The minimum Gasteiger partial charge on any atom is -0.424 e. The number of halogens is 1. The summed E-state index contributed by atoms with van der Waals surface area (Å²) in [4.78, 5) is 32.9. The summed E-state index contributed by atoms with van der Waals surface area (Å²) >= 11 is 5.99. The van der Waals surface area contributed by atoms with Gasteiger partial charge in [-0.2, -0.15) is 0 Å². The number of fused-ring (bicyclic) bond motifs is 1. The largest absolute Gasteiger partial charge is 0.424 e. The van der Waals surface area contributed by atoms with Gasteiger partial charge in [0.1, 0.15) is 12.2 Å². The molecule has 1 aromatic carbocycles. The normalized spacial score (nSPS) is 24.2. The minimum absolute atomic E-state index is 0.149. The molecular weight excluding hydrogens is 440 g/mol. The fourth-order valence-corrected chi connectivity index (χ4v) is 4.41. The van der Waals surface area contributed by atoms with E-state index < -0.39 is 29.2 Å². The molecule has 2 aromatic rings. The third-order valence-electron chi connectivity index (χ3n) is 5.78. The van der Waals surface area contributed by atoms with Crippen LogP contribution in [-0.4, -0.2) is 34.9 Å². The van der Waals surface area contributed by atoms with Crippen LogP contribution in [0.3, 0.4) is 0 Å². The SMILES string of the molecule is CCO[C@H]1C[C@@H](C(=O)Oc2c(C)ncc3c2CO[C@H]3c2ccc(Cl)cc2)C[C@@H]1O[N+](=O)[O-]. The predicted octanol–water partition coefficient (Wildman–Crippen LogP) is 3.96. The molecule has 4 rings (SSSR count). The van der Waals surface area contributed by atoms with Crippen molar-refractivity contribution >= 4 is 17.6 Å². The number of aromatic nitrogens is 1. The van der Waals surface area contributed by atoms with Gasteiger partial charge in [0.25, 0.3) is 5.09 Å². The molecule has 1 aliphatic heterocycles. The lowest BCUT2D eigenvalue weighted by Crippen LogP contribution is -2.28. The Balaban J connectivity index is 1.53. The van der Waals surface area contributed by atoms with Crippen molar-refractivity contribution in [3.63, 3.8) is 0 Å². The van der Waals surface area contributed by atoms with Crippen molar-refractivity contribution in [3.05, 3.63) is 68.0 Å². The number of benzene rings is 1. The van der Waals surface area contributed by atoms with Crippen LogP contribution in [0.4, 0.5) is 0 Å². The van der Waals surface area contributed by atoms with Crippen LogP contribution in [0, 0.1) is 23.0 Å². The Bertz CT molecular complexity index is 1010. The predicted molar refractivity (Wildman–Crippen MR) is 113 cm³/mol. The summed E-state index contributed by atoms with van der Waals surface area (Å²) < 4.78 is 17.3. The monoisotopic (exact) mass is 462 g/mol. The summed E-state index contributed by atoms with van der Waals surface area (Å²) in [5, 5.41) is 10.6. The van der Waals surface area contributed by atoms with Crippen molar-refractivity contribution in [2.75, 3.05) is 6.61 Å². The van der Waals surface area contributed by atoms with Crippen LogP contribution in [-0.2, 0) is 25.7 Å².